The molecule has 1 fully saturated rings. The van der Waals surface area contributed by atoms with Crippen molar-refractivity contribution in [2.45, 2.75) is 19.5 Å². The maximum Gasteiger partial charge on any atom is 0.141 e. The van der Waals surface area contributed by atoms with Gasteiger partial charge in [0.1, 0.15) is 5.82 Å². The van der Waals surface area contributed by atoms with Crippen molar-refractivity contribution in [2.24, 2.45) is 5.92 Å². The van der Waals surface area contributed by atoms with E-state index in [0.29, 0.717) is 18.5 Å². The third-order valence-electron chi connectivity index (χ3n) is 2.69. The highest BCUT2D eigenvalue weighted by Gasteiger charge is 2.22. The van der Waals surface area contributed by atoms with Crippen LogP contribution < -0.4 is 5.32 Å². The smallest absolute Gasteiger partial charge is 0.141 e. The van der Waals surface area contributed by atoms with Crippen molar-refractivity contribution in [2.75, 3.05) is 11.5 Å². The molecule has 15 heavy (non-hydrogen) atoms. The maximum absolute atomic E-state index is 12.9. The Morgan fingerprint density at radius 1 is 1.53 bits per heavy atom. The first-order valence-corrected chi connectivity index (χ1v) is 6.32. The van der Waals surface area contributed by atoms with E-state index in [9.17, 15) is 4.39 Å². The summed E-state index contributed by atoms with van der Waals surface area (Å²) in [6, 6.07) is 2.09. The molecule has 2 nitrogen and oxygen atoms in total. The van der Waals surface area contributed by atoms with Gasteiger partial charge < -0.3 is 5.32 Å². The minimum atomic E-state index is -0.261. The van der Waals surface area contributed by atoms with E-state index in [2.05, 4.69) is 17.2 Å². The first-order chi connectivity index (χ1) is 7.25. The van der Waals surface area contributed by atoms with E-state index in [4.69, 9.17) is 0 Å². The van der Waals surface area contributed by atoms with Crippen LogP contribution in [0.4, 0.5) is 4.39 Å². The molecule has 1 saturated heterocycles. The molecule has 1 aliphatic heterocycles. The minimum Gasteiger partial charge on any atom is -0.309 e. The van der Waals surface area contributed by atoms with E-state index < -0.39 is 0 Å². The lowest BCUT2D eigenvalue weighted by Crippen LogP contribution is -2.33. The zero-order valence-corrected chi connectivity index (χ0v) is 9.56. The van der Waals surface area contributed by atoms with Gasteiger partial charge in [0.25, 0.3) is 0 Å². The molecule has 1 N–H and O–H groups in total. The Hall–Kier alpha value is -0.610. The zero-order valence-electron chi connectivity index (χ0n) is 8.74. The van der Waals surface area contributed by atoms with E-state index in [1.807, 2.05) is 11.8 Å². The number of nitrogens with one attached hydrogen (secondary N) is 1. The molecule has 4 heteroatoms. The molecule has 1 aromatic heterocycles. The van der Waals surface area contributed by atoms with Crippen LogP contribution in [0.25, 0.3) is 0 Å². The Morgan fingerprint density at radius 3 is 3.07 bits per heavy atom. The summed E-state index contributed by atoms with van der Waals surface area (Å²) in [5.41, 5.74) is 0.916. The Labute approximate surface area is 93.7 Å². The fraction of sp³-hybridized carbons (Fsp3) is 0.545. The molecule has 0 unspecified atom stereocenters. The van der Waals surface area contributed by atoms with Crippen LogP contribution in [0.1, 0.15) is 12.5 Å². The van der Waals surface area contributed by atoms with Gasteiger partial charge in [-0.1, -0.05) is 6.92 Å². The maximum atomic E-state index is 12.9. The highest BCUT2D eigenvalue weighted by molar-refractivity contribution is 7.99. The van der Waals surface area contributed by atoms with Gasteiger partial charge in [0.2, 0.25) is 0 Å². The molecule has 82 valence electrons. The fourth-order valence-electron chi connectivity index (χ4n) is 1.72. The molecule has 2 atom stereocenters. The first-order valence-electron chi connectivity index (χ1n) is 5.16. The Balaban J connectivity index is 1.87. The normalized spacial score (nSPS) is 25.7. The van der Waals surface area contributed by atoms with Crippen molar-refractivity contribution in [3.63, 3.8) is 0 Å². The average molecular weight is 226 g/mol. The van der Waals surface area contributed by atoms with E-state index in [0.717, 1.165) is 11.3 Å². The molecule has 0 saturated carbocycles. The lowest BCUT2D eigenvalue weighted by Gasteiger charge is -2.16. The Morgan fingerprint density at radius 2 is 2.40 bits per heavy atom. The molecule has 0 aromatic carbocycles. The van der Waals surface area contributed by atoms with Crippen molar-refractivity contribution in [1.82, 2.24) is 10.3 Å². The molecule has 0 amide bonds. The van der Waals surface area contributed by atoms with E-state index >= 15 is 0 Å². The van der Waals surface area contributed by atoms with Crippen molar-refractivity contribution in [3.05, 3.63) is 29.8 Å². The van der Waals surface area contributed by atoms with Gasteiger partial charge in [-0.05, 0) is 23.3 Å². The van der Waals surface area contributed by atoms with Crippen LogP contribution in [-0.2, 0) is 6.54 Å². The van der Waals surface area contributed by atoms with Crippen LogP contribution in [0.2, 0.25) is 0 Å². The van der Waals surface area contributed by atoms with Crippen LogP contribution >= 0.6 is 11.8 Å². The van der Waals surface area contributed by atoms with Crippen LogP contribution in [-0.4, -0.2) is 22.5 Å². The summed E-state index contributed by atoms with van der Waals surface area (Å²) in [6.07, 6.45) is 2.94. The summed E-state index contributed by atoms with van der Waals surface area (Å²) >= 11 is 1.98. The van der Waals surface area contributed by atoms with Gasteiger partial charge in [-0.25, -0.2) is 4.39 Å². The second-order valence-electron chi connectivity index (χ2n) is 4.01. The molecule has 0 spiro atoms. The van der Waals surface area contributed by atoms with E-state index in [1.165, 1.54) is 18.0 Å². The van der Waals surface area contributed by atoms with Crippen molar-refractivity contribution >= 4 is 11.8 Å². The van der Waals surface area contributed by atoms with Crippen LogP contribution in [0.15, 0.2) is 18.5 Å². The quantitative estimate of drug-likeness (QED) is 0.854. The predicted molar refractivity (Wildman–Crippen MR) is 61.3 cm³/mol. The third-order valence-corrected chi connectivity index (χ3v) is 4.05. The van der Waals surface area contributed by atoms with Crippen molar-refractivity contribution < 1.29 is 4.39 Å². The number of hydrogen-bond acceptors (Lipinski definition) is 3. The van der Waals surface area contributed by atoms with E-state index in [-0.39, 0.29) is 5.82 Å². The summed E-state index contributed by atoms with van der Waals surface area (Å²) < 4.78 is 12.9. The molecule has 2 rings (SSSR count). The Kier molecular flexibility index (Phi) is 3.59. The highest BCUT2D eigenvalue weighted by atomic mass is 32.2. The van der Waals surface area contributed by atoms with Gasteiger partial charge in [-0.3, -0.25) is 4.98 Å². The van der Waals surface area contributed by atoms with Crippen LogP contribution in [0.3, 0.4) is 0 Å². The molecule has 1 aliphatic rings. The summed E-state index contributed by atoms with van der Waals surface area (Å²) in [5, 5.41) is 3.45. The second kappa shape index (κ2) is 4.94. The number of hydrogen-bond donors (Lipinski definition) is 1. The topological polar surface area (TPSA) is 24.9 Å². The standard InChI is InChI=1S/C11H15FN2S/c1-8-6-15-7-11(8)14-4-9-2-10(12)5-13-3-9/h2-3,5,8,11,14H,4,6-7H2,1H3/t8-,11+/m1/s1. The molecular formula is C11H15FN2S. The lowest BCUT2D eigenvalue weighted by molar-refractivity contribution is 0.452. The summed E-state index contributed by atoms with van der Waals surface area (Å²) in [7, 11) is 0. The number of rotatable bonds is 3. The largest absolute Gasteiger partial charge is 0.309 e. The van der Waals surface area contributed by atoms with Crippen molar-refractivity contribution in [1.29, 1.82) is 0 Å². The Bertz CT molecular complexity index is 332. The number of aromatic nitrogens is 1. The number of nitrogens with zero attached hydrogens (tertiary/aromatic N) is 1. The average Bonchev–Trinajstić information content (AvgIpc) is 2.61. The predicted octanol–water partition coefficient (Wildman–Crippen LogP) is 2.06. The fourth-order valence-corrected chi connectivity index (χ4v) is 3.16. The summed E-state index contributed by atoms with van der Waals surface area (Å²) in [5.74, 6) is 2.82. The number of halogens is 1. The van der Waals surface area contributed by atoms with Gasteiger partial charge in [0.05, 0.1) is 6.20 Å². The lowest BCUT2D eigenvalue weighted by atomic mass is 10.1. The summed E-state index contributed by atoms with van der Waals surface area (Å²) in [6.45, 7) is 2.96. The third kappa shape index (κ3) is 2.92. The SMILES string of the molecule is C[C@@H]1CSC[C@@H]1NCc1cncc(F)c1. The van der Waals surface area contributed by atoms with E-state index in [1.54, 1.807) is 6.20 Å². The summed E-state index contributed by atoms with van der Waals surface area (Å²) in [4.78, 5) is 3.83. The number of thioether (sulfide) groups is 1. The number of pyridine rings is 1. The monoisotopic (exact) mass is 226 g/mol. The van der Waals surface area contributed by atoms with Gasteiger partial charge in [-0.15, -0.1) is 0 Å². The second-order valence-corrected chi connectivity index (χ2v) is 5.09. The zero-order chi connectivity index (χ0) is 10.7. The van der Waals surface area contributed by atoms with Crippen molar-refractivity contribution in [3.8, 4) is 0 Å². The molecule has 0 aliphatic carbocycles. The van der Waals surface area contributed by atoms with Gasteiger partial charge in [0, 0.05) is 24.5 Å². The molecule has 2 heterocycles. The van der Waals surface area contributed by atoms with Crippen LogP contribution in [0, 0.1) is 11.7 Å². The first kappa shape index (κ1) is 10.9. The van der Waals surface area contributed by atoms with Gasteiger partial charge in [0.15, 0.2) is 0 Å². The molecule has 1 aromatic rings. The van der Waals surface area contributed by atoms with Gasteiger partial charge in [-0.2, -0.15) is 11.8 Å². The molecular weight excluding hydrogens is 211 g/mol. The van der Waals surface area contributed by atoms with Gasteiger partial charge >= 0.3 is 0 Å². The minimum absolute atomic E-state index is 0.261. The molecule has 0 bridgehead atoms. The molecule has 0 radical (unpaired) electrons. The highest BCUT2D eigenvalue weighted by Crippen LogP contribution is 2.23. The van der Waals surface area contributed by atoms with Crippen LogP contribution in [0.5, 0.6) is 0 Å².